The molecule has 94 valence electrons. The van der Waals surface area contributed by atoms with E-state index in [2.05, 4.69) is 41.8 Å². The van der Waals surface area contributed by atoms with Crippen molar-refractivity contribution in [2.45, 2.75) is 26.3 Å². The predicted molar refractivity (Wildman–Crippen MR) is 80.6 cm³/mol. The molecule has 0 aliphatic heterocycles. The number of amides is 1. The van der Waals surface area contributed by atoms with Gasteiger partial charge in [0.05, 0.1) is 5.56 Å². The first-order valence-electron chi connectivity index (χ1n) is 5.66. The lowest BCUT2D eigenvalue weighted by atomic mass is 10.0. The molecule has 1 unspecified atom stereocenters. The van der Waals surface area contributed by atoms with Crippen molar-refractivity contribution in [3.8, 4) is 0 Å². The molecule has 0 bridgehead atoms. The van der Waals surface area contributed by atoms with Crippen LogP contribution in [0.15, 0.2) is 24.3 Å². The number of nitrogens with one attached hydrogen (secondary N) is 1. The van der Waals surface area contributed by atoms with Crippen molar-refractivity contribution in [1.82, 2.24) is 5.32 Å². The largest absolute Gasteiger partial charge is 0.348 e. The van der Waals surface area contributed by atoms with E-state index in [9.17, 15) is 4.79 Å². The SMILES string of the molecule is CC(C)CC(CCl)NC(=O)c1ccccc1I. The molecule has 0 fully saturated rings. The van der Waals surface area contributed by atoms with Gasteiger partial charge in [-0.3, -0.25) is 4.79 Å². The van der Waals surface area contributed by atoms with Crippen molar-refractivity contribution >= 4 is 40.1 Å². The van der Waals surface area contributed by atoms with Crippen molar-refractivity contribution in [2.75, 3.05) is 5.88 Å². The van der Waals surface area contributed by atoms with Gasteiger partial charge < -0.3 is 5.32 Å². The molecule has 0 saturated carbocycles. The minimum Gasteiger partial charge on any atom is -0.348 e. The lowest BCUT2D eigenvalue weighted by Gasteiger charge is -2.18. The van der Waals surface area contributed by atoms with Gasteiger partial charge in [0.2, 0.25) is 0 Å². The highest BCUT2D eigenvalue weighted by Gasteiger charge is 2.15. The van der Waals surface area contributed by atoms with Crippen LogP contribution in [-0.2, 0) is 0 Å². The average molecular weight is 366 g/mol. The van der Waals surface area contributed by atoms with E-state index >= 15 is 0 Å². The molecule has 0 radical (unpaired) electrons. The van der Waals surface area contributed by atoms with Crippen molar-refractivity contribution < 1.29 is 4.79 Å². The van der Waals surface area contributed by atoms with E-state index < -0.39 is 0 Å². The molecular formula is C13H17ClINO. The third-order valence-corrected chi connectivity index (χ3v) is 3.71. The number of carbonyl (C=O) groups is 1. The molecule has 2 nitrogen and oxygen atoms in total. The summed E-state index contributed by atoms with van der Waals surface area (Å²) in [5, 5.41) is 2.98. The molecule has 0 saturated heterocycles. The summed E-state index contributed by atoms with van der Waals surface area (Å²) >= 11 is 8.03. The Morgan fingerprint density at radius 3 is 2.59 bits per heavy atom. The molecule has 1 atom stereocenters. The van der Waals surface area contributed by atoms with Crippen LogP contribution in [0.3, 0.4) is 0 Å². The number of rotatable bonds is 5. The summed E-state index contributed by atoms with van der Waals surface area (Å²) < 4.78 is 0.959. The first-order chi connectivity index (χ1) is 8.04. The molecule has 0 aromatic heterocycles. The van der Waals surface area contributed by atoms with E-state index in [4.69, 9.17) is 11.6 Å². The van der Waals surface area contributed by atoms with Crippen LogP contribution in [-0.4, -0.2) is 17.8 Å². The van der Waals surface area contributed by atoms with Crippen LogP contribution in [0.5, 0.6) is 0 Å². The zero-order chi connectivity index (χ0) is 12.8. The second-order valence-corrected chi connectivity index (χ2v) is 5.90. The van der Waals surface area contributed by atoms with Crippen molar-refractivity contribution in [1.29, 1.82) is 0 Å². The minimum absolute atomic E-state index is 0.0405. The molecule has 1 aromatic rings. The molecule has 1 rings (SSSR count). The van der Waals surface area contributed by atoms with E-state index in [0.29, 0.717) is 17.4 Å². The summed E-state index contributed by atoms with van der Waals surface area (Å²) in [5.41, 5.74) is 0.715. The topological polar surface area (TPSA) is 29.1 Å². The Labute approximate surface area is 121 Å². The summed E-state index contributed by atoms with van der Waals surface area (Å²) in [6.07, 6.45) is 0.901. The zero-order valence-electron chi connectivity index (χ0n) is 10.0. The van der Waals surface area contributed by atoms with Gasteiger partial charge in [-0.1, -0.05) is 26.0 Å². The number of halogens is 2. The Kier molecular flexibility index (Phi) is 6.27. The van der Waals surface area contributed by atoms with Crippen molar-refractivity contribution in [2.24, 2.45) is 5.92 Å². The van der Waals surface area contributed by atoms with E-state index in [1.807, 2.05) is 24.3 Å². The fraction of sp³-hybridized carbons (Fsp3) is 0.462. The van der Waals surface area contributed by atoms with Crippen LogP contribution in [0.1, 0.15) is 30.6 Å². The highest BCUT2D eigenvalue weighted by molar-refractivity contribution is 14.1. The second kappa shape index (κ2) is 7.21. The van der Waals surface area contributed by atoms with E-state index in [1.54, 1.807) is 0 Å². The van der Waals surface area contributed by atoms with Crippen LogP contribution in [0.2, 0.25) is 0 Å². The normalized spacial score (nSPS) is 12.5. The Bertz CT molecular complexity index is 381. The van der Waals surface area contributed by atoms with Gasteiger partial charge >= 0.3 is 0 Å². The Morgan fingerprint density at radius 2 is 2.06 bits per heavy atom. The van der Waals surface area contributed by atoms with Crippen LogP contribution < -0.4 is 5.32 Å². The Hall–Kier alpha value is -0.290. The second-order valence-electron chi connectivity index (χ2n) is 4.43. The third-order valence-electron chi connectivity index (χ3n) is 2.40. The first kappa shape index (κ1) is 14.8. The number of carbonyl (C=O) groups excluding carboxylic acids is 1. The lowest BCUT2D eigenvalue weighted by Crippen LogP contribution is -2.37. The minimum atomic E-state index is -0.0405. The van der Waals surface area contributed by atoms with E-state index in [-0.39, 0.29) is 11.9 Å². The molecule has 0 spiro atoms. The van der Waals surface area contributed by atoms with Gasteiger partial charge in [0, 0.05) is 15.5 Å². The molecule has 0 heterocycles. The molecule has 1 N–H and O–H groups in total. The fourth-order valence-electron chi connectivity index (χ4n) is 1.64. The molecule has 17 heavy (non-hydrogen) atoms. The van der Waals surface area contributed by atoms with Crippen molar-refractivity contribution in [3.05, 3.63) is 33.4 Å². The van der Waals surface area contributed by atoms with E-state index in [1.165, 1.54) is 0 Å². The van der Waals surface area contributed by atoms with Crippen LogP contribution in [0, 0.1) is 9.49 Å². The third kappa shape index (κ3) is 4.84. The zero-order valence-corrected chi connectivity index (χ0v) is 13.0. The molecule has 0 aliphatic carbocycles. The first-order valence-corrected chi connectivity index (χ1v) is 7.27. The number of hydrogen-bond acceptors (Lipinski definition) is 1. The standard InChI is InChI=1S/C13H17ClINO/c1-9(2)7-10(8-14)16-13(17)11-5-3-4-6-12(11)15/h3-6,9-10H,7-8H2,1-2H3,(H,16,17). The average Bonchev–Trinajstić information content (AvgIpc) is 2.27. The molecule has 4 heteroatoms. The predicted octanol–water partition coefficient (Wildman–Crippen LogP) is 3.67. The van der Waals surface area contributed by atoms with Crippen LogP contribution in [0.4, 0.5) is 0 Å². The van der Waals surface area contributed by atoms with Crippen LogP contribution >= 0.6 is 34.2 Å². The Balaban J connectivity index is 2.68. The maximum Gasteiger partial charge on any atom is 0.252 e. The molecule has 1 amide bonds. The molecule has 1 aromatic carbocycles. The Morgan fingerprint density at radius 1 is 1.41 bits per heavy atom. The smallest absolute Gasteiger partial charge is 0.252 e. The lowest BCUT2D eigenvalue weighted by molar-refractivity contribution is 0.0936. The van der Waals surface area contributed by atoms with Gasteiger partial charge in [0.15, 0.2) is 0 Å². The van der Waals surface area contributed by atoms with Gasteiger partial charge in [0.1, 0.15) is 0 Å². The highest BCUT2D eigenvalue weighted by Crippen LogP contribution is 2.13. The number of benzene rings is 1. The van der Waals surface area contributed by atoms with E-state index in [0.717, 1.165) is 9.99 Å². The summed E-state index contributed by atoms with van der Waals surface area (Å²) in [5.74, 6) is 0.933. The van der Waals surface area contributed by atoms with Gasteiger partial charge in [-0.25, -0.2) is 0 Å². The number of alkyl halides is 1. The molecular weight excluding hydrogens is 349 g/mol. The van der Waals surface area contributed by atoms with Crippen molar-refractivity contribution in [3.63, 3.8) is 0 Å². The fourth-order valence-corrected chi connectivity index (χ4v) is 2.47. The monoisotopic (exact) mass is 365 g/mol. The van der Waals surface area contributed by atoms with Gasteiger partial charge in [-0.15, -0.1) is 11.6 Å². The van der Waals surface area contributed by atoms with Gasteiger partial charge in [-0.05, 0) is 47.1 Å². The summed E-state index contributed by atoms with van der Waals surface area (Å²) in [6, 6.07) is 7.59. The summed E-state index contributed by atoms with van der Waals surface area (Å²) in [7, 11) is 0. The summed E-state index contributed by atoms with van der Waals surface area (Å²) in [4.78, 5) is 12.0. The van der Waals surface area contributed by atoms with Gasteiger partial charge in [-0.2, -0.15) is 0 Å². The maximum atomic E-state index is 12.0. The highest BCUT2D eigenvalue weighted by atomic mass is 127. The maximum absolute atomic E-state index is 12.0. The number of hydrogen-bond donors (Lipinski definition) is 1. The van der Waals surface area contributed by atoms with Crippen LogP contribution in [0.25, 0.3) is 0 Å². The quantitative estimate of drug-likeness (QED) is 0.626. The summed E-state index contributed by atoms with van der Waals surface area (Å²) in [6.45, 7) is 4.25. The van der Waals surface area contributed by atoms with Gasteiger partial charge in [0.25, 0.3) is 5.91 Å². The molecule has 0 aliphatic rings.